The first-order chi connectivity index (χ1) is 70.2. The van der Waals surface area contributed by atoms with E-state index in [-0.39, 0.29) is 0 Å². The molecule has 11 heterocycles. The summed E-state index contributed by atoms with van der Waals surface area (Å²) in [5, 5.41) is 13.3. The molecule has 11 aromatic heterocycles. The summed E-state index contributed by atoms with van der Waals surface area (Å²) in [6, 6.07) is 154. The molecule has 662 valence electrons. The zero-order chi connectivity index (χ0) is 94.2. The molecule has 0 atom stereocenters. The van der Waals surface area contributed by atoms with Crippen molar-refractivity contribution in [2.24, 2.45) is 0 Å². The molecule has 27 rings (SSSR count). The minimum Gasteiger partial charge on any atom is -0.254 e. The topological polar surface area (TPSA) is 219 Å². The number of hydrogen-bond acceptors (Lipinski definition) is 17. The van der Waals surface area contributed by atoms with Crippen LogP contribution in [0.4, 0.5) is 0 Å². The molecule has 0 bridgehead atoms. The predicted octanol–water partition coefficient (Wildman–Crippen LogP) is 29.6. The van der Waals surface area contributed by atoms with E-state index in [9.17, 15) is 0 Å². The summed E-state index contributed by atoms with van der Waals surface area (Å²) >= 11 is 0. The van der Waals surface area contributed by atoms with Crippen LogP contribution in [0.2, 0.25) is 0 Å². The van der Waals surface area contributed by atoms with Crippen molar-refractivity contribution < 1.29 is 0 Å². The van der Waals surface area contributed by atoms with Gasteiger partial charge in [-0.3, -0.25) is 4.98 Å². The first kappa shape index (κ1) is 84.1. The third-order valence-corrected chi connectivity index (χ3v) is 25.7. The molecule has 0 fully saturated rings. The first-order valence-electron chi connectivity index (χ1n) is 46.8. The zero-order valence-electron chi connectivity index (χ0n) is 76.1. The van der Waals surface area contributed by atoms with E-state index in [0.717, 1.165) is 199 Å². The van der Waals surface area contributed by atoms with Gasteiger partial charge < -0.3 is 0 Å². The quantitative estimate of drug-likeness (QED) is 0.0924. The van der Waals surface area contributed by atoms with Gasteiger partial charge in [0.2, 0.25) is 0 Å². The number of hydrogen-bond donors (Lipinski definition) is 0. The van der Waals surface area contributed by atoms with Crippen molar-refractivity contribution >= 4 is 109 Å². The van der Waals surface area contributed by atoms with Crippen LogP contribution in [-0.2, 0) is 0 Å². The van der Waals surface area contributed by atoms with Crippen molar-refractivity contribution in [3.63, 3.8) is 0 Å². The Labute approximate surface area is 814 Å². The largest absolute Gasteiger partial charge is 0.254 e. The van der Waals surface area contributed by atoms with Crippen LogP contribution in [0.5, 0.6) is 0 Å². The molecule has 0 saturated heterocycles. The van der Waals surface area contributed by atoms with Gasteiger partial charge in [-0.2, -0.15) is 0 Å². The fourth-order valence-electron chi connectivity index (χ4n) is 18.3. The van der Waals surface area contributed by atoms with Gasteiger partial charge in [0.15, 0.2) is 40.8 Å². The van der Waals surface area contributed by atoms with Crippen molar-refractivity contribution in [3.8, 4) is 159 Å². The highest BCUT2D eigenvalue weighted by molar-refractivity contribution is 6.05. The van der Waals surface area contributed by atoms with Crippen LogP contribution >= 0.6 is 0 Å². The van der Waals surface area contributed by atoms with Gasteiger partial charge in [0, 0.05) is 93.8 Å². The second-order valence-electron chi connectivity index (χ2n) is 34.7. The maximum Gasteiger partial charge on any atom is 0.182 e. The number of benzene rings is 16. The van der Waals surface area contributed by atoms with E-state index >= 15 is 0 Å². The third-order valence-electron chi connectivity index (χ3n) is 25.7. The number of aromatic nitrogens is 17. The Bertz CT molecular complexity index is 9450. The van der Waals surface area contributed by atoms with Gasteiger partial charge in [-0.05, 0) is 152 Å². The molecular weight excluding hydrogens is 1740 g/mol. The molecule has 0 aliphatic rings. The molecular formula is C125H77N17. The fourth-order valence-corrected chi connectivity index (χ4v) is 18.3. The van der Waals surface area contributed by atoms with Gasteiger partial charge >= 0.3 is 0 Å². The summed E-state index contributed by atoms with van der Waals surface area (Å²) in [6.45, 7) is 0. The number of pyridine rings is 8. The van der Waals surface area contributed by atoms with Crippen molar-refractivity contribution in [2.45, 2.75) is 0 Å². The van der Waals surface area contributed by atoms with Gasteiger partial charge in [-0.15, -0.1) is 0 Å². The molecule has 0 spiro atoms. The Hall–Kier alpha value is -19.7. The average Bonchev–Trinajstić information content (AvgIpc) is 0.777. The molecule has 16 aromatic carbocycles. The fraction of sp³-hybridized carbons (Fsp3) is 0. The summed E-state index contributed by atoms with van der Waals surface area (Å²) in [5.41, 5.74) is 27.7. The lowest BCUT2D eigenvalue weighted by molar-refractivity contribution is 1.05. The smallest absolute Gasteiger partial charge is 0.182 e. The van der Waals surface area contributed by atoms with Gasteiger partial charge in [0.1, 0.15) is 29.7 Å². The van der Waals surface area contributed by atoms with Crippen LogP contribution < -0.4 is 0 Å². The lowest BCUT2D eigenvalue weighted by Gasteiger charge is -2.10. The van der Waals surface area contributed by atoms with E-state index in [1.54, 1.807) is 0 Å². The Morgan fingerprint density at radius 3 is 0.831 bits per heavy atom. The molecule has 0 aliphatic carbocycles. The SMILES string of the molecule is c1ccc(-c2ccc3ccc(-c4ccc5ccc(-c6nc(-c7ccccc7)nc(-c7ccccc7)n6)nc5c4)cc3n2)cc1.c1ccc(-c2nc(-c3ccccc3)nc(-c3ccc4ccc(-c5ccc6ccc(-c7cccc8ccccc78)nc6c5)cc4n3)n2)cc1.c1cnc2c(c1)ccc1ccc(-c3ccc4cc(-c5ccc6ccc(-c7ccc8ccc(-c9ncncn9)nc8c7)cc6n5)ccc4c3)nc12. The molecule has 0 aliphatic heterocycles. The lowest BCUT2D eigenvalue weighted by atomic mass is 9.99. The number of nitrogens with zero attached hydrogens (tertiary/aromatic N) is 17. The van der Waals surface area contributed by atoms with Crippen molar-refractivity contribution in [3.05, 3.63) is 468 Å². The highest BCUT2D eigenvalue weighted by Crippen LogP contribution is 2.39. The van der Waals surface area contributed by atoms with Gasteiger partial charge in [-0.25, -0.2) is 79.7 Å². The molecule has 0 unspecified atom stereocenters. The van der Waals surface area contributed by atoms with Crippen LogP contribution in [0.15, 0.2) is 468 Å². The second-order valence-corrected chi connectivity index (χ2v) is 34.7. The number of rotatable bonds is 14. The maximum atomic E-state index is 5.13. The molecule has 0 amide bonds. The zero-order valence-corrected chi connectivity index (χ0v) is 76.1. The predicted molar refractivity (Wildman–Crippen MR) is 573 cm³/mol. The van der Waals surface area contributed by atoms with Gasteiger partial charge in [-0.1, -0.05) is 352 Å². The Morgan fingerprint density at radius 1 is 0.134 bits per heavy atom. The van der Waals surface area contributed by atoms with Crippen molar-refractivity contribution in [1.29, 1.82) is 0 Å². The third kappa shape index (κ3) is 17.1. The van der Waals surface area contributed by atoms with Crippen molar-refractivity contribution in [2.75, 3.05) is 0 Å². The van der Waals surface area contributed by atoms with Gasteiger partial charge in [0.05, 0.1) is 66.9 Å². The average molecular weight is 1820 g/mol. The van der Waals surface area contributed by atoms with E-state index in [1.165, 1.54) is 23.4 Å². The van der Waals surface area contributed by atoms with Crippen LogP contribution in [0, 0.1) is 0 Å². The minimum absolute atomic E-state index is 0.533. The van der Waals surface area contributed by atoms with Crippen molar-refractivity contribution in [1.82, 2.24) is 84.7 Å². The molecule has 17 nitrogen and oxygen atoms in total. The molecule has 0 N–H and O–H groups in total. The molecule has 27 aromatic rings. The summed E-state index contributed by atoms with van der Waals surface area (Å²) < 4.78 is 0. The highest BCUT2D eigenvalue weighted by atomic mass is 15.1. The summed E-state index contributed by atoms with van der Waals surface area (Å²) in [4.78, 5) is 81.4. The lowest BCUT2D eigenvalue weighted by Crippen LogP contribution is -2.01. The van der Waals surface area contributed by atoms with Crippen LogP contribution in [0.25, 0.3) is 267 Å². The van der Waals surface area contributed by atoms with E-state index in [4.69, 9.17) is 64.8 Å². The van der Waals surface area contributed by atoms with E-state index in [0.29, 0.717) is 57.9 Å². The summed E-state index contributed by atoms with van der Waals surface area (Å²) in [5.74, 6) is 4.08. The molecule has 0 saturated carbocycles. The minimum atomic E-state index is 0.533. The number of fused-ring (bicyclic) bond motifs is 11. The molecule has 0 radical (unpaired) electrons. The standard InChI is InChI=1S/C43H25N7.C43H27N5.C39H25N5/c1-2-28-5-6-29-15-17-37(50-42(29)41(28)45-19-1)35-12-10-30-20-34(11-9-31(30)21-35)36-16-13-26-3-7-32(22-39(26)48-36)33-8-4-27-14-18-38(49-40(27)23-33)43-46-24-44-25-47-43;1-3-11-31(12-4-1)41-46-42(32-13-5-2-6-14-32)48-43(47-41)38-25-23-30-19-21-34(27-40(30)45-38)33-20-18-29-22-24-37(44-39(29)26-33)36-17-9-15-28-10-7-8-16-35(28)36;1-4-10-26(11-5-1)33-22-20-27-16-18-31(24-35(27)40-33)32-19-17-28-21-23-34(41-36(28)25-32)39-43-37(29-12-6-2-7-13-29)42-38(44-39)30-14-8-3-9-15-30/h1-25H;1-27H;1-25H. The molecule has 17 heteroatoms. The Morgan fingerprint density at radius 2 is 0.415 bits per heavy atom. The van der Waals surface area contributed by atoms with Crippen LogP contribution in [-0.4, -0.2) is 84.7 Å². The molecule has 142 heavy (non-hydrogen) atoms. The van der Waals surface area contributed by atoms with Gasteiger partial charge in [0.25, 0.3) is 0 Å². The van der Waals surface area contributed by atoms with E-state index in [2.05, 4.69) is 299 Å². The Balaban J connectivity index is 0.000000112. The first-order valence-corrected chi connectivity index (χ1v) is 46.8. The maximum absolute atomic E-state index is 5.13. The Kier molecular flexibility index (Phi) is 21.8. The summed E-state index contributed by atoms with van der Waals surface area (Å²) in [7, 11) is 0. The second kappa shape index (κ2) is 36.9. The van der Waals surface area contributed by atoms with E-state index < -0.39 is 0 Å². The van der Waals surface area contributed by atoms with E-state index in [1.807, 2.05) is 176 Å². The van der Waals surface area contributed by atoms with Crippen LogP contribution in [0.1, 0.15) is 0 Å². The summed E-state index contributed by atoms with van der Waals surface area (Å²) in [6.07, 6.45) is 4.80. The highest BCUT2D eigenvalue weighted by Gasteiger charge is 2.21. The van der Waals surface area contributed by atoms with Crippen LogP contribution in [0.3, 0.4) is 0 Å². The normalized spacial score (nSPS) is 11.4. The monoisotopic (exact) mass is 1820 g/mol.